The molecule has 4 aromatic rings. The standard InChI is InChI=1S/C65H98OSi/c1-65(2,3)67(63-56-44-34-45-57-63,64-58-46-35-47-59-64)66-62(54-42-30-26-22-18-14-10-6-4-8-12-16-20-24-28-36-48-60-50-38-32-39-51-60)55-43-31-27-23-19-15-11-7-5-9-13-17-21-25-29-37-49-61-52-40-33-41-53-61/h4-7,32-35,38-41,44-47,50-53,56-59,62H,8-31,36-37,42-43,48-49,54-55H2,1-3H3/b6-4-,7-5-. The molecule has 0 aliphatic heterocycles. The minimum Gasteiger partial charge on any atom is -0.404 e. The van der Waals surface area contributed by atoms with Crippen LogP contribution < -0.4 is 10.4 Å². The molecule has 0 amide bonds. The van der Waals surface area contributed by atoms with Crippen LogP contribution >= 0.6 is 0 Å². The summed E-state index contributed by atoms with van der Waals surface area (Å²) in [4.78, 5) is 0. The predicted molar refractivity (Wildman–Crippen MR) is 300 cm³/mol. The highest BCUT2D eigenvalue weighted by molar-refractivity contribution is 6.99. The topological polar surface area (TPSA) is 9.23 Å². The average molecular weight is 924 g/mol. The van der Waals surface area contributed by atoms with E-state index in [1.807, 2.05) is 0 Å². The number of aryl methyl sites for hydroxylation is 2. The molecule has 368 valence electrons. The van der Waals surface area contributed by atoms with Crippen LogP contribution in [0.4, 0.5) is 0 Å². The van der Waals surface area contributed by atoms with Crippen LogP contribution in [0.1, 0.15) is 225 Å². The van der Waals surface area contributed by atoms with E-state index in [2.05, 4.69) is 166 Å². The van der Waals surface area contributed by atoms with Gasteiger partial charge in [-0.15, -0.1) is 0 Å². The fourth-order valence-electron chi connectivity index (χ4n) is 10.2. The summed E-state index contributed by atoms with van der Waals surface area (Å²) < 4.78 is 7.79. The van der Waals surface area contributed by atoms with E-state index in [0.717, 1.165) is 0 Å². The van der Waals surface area contributed by atoms with Gasteiger partial charge in [0.1, 0.15) is 0 Å². The first-order valence-corrected chi connectivity index (χ1v) is 30.1. The van der Waals surface area contributed by atoms with Gasteiger partial charge in [0, 0.05) is 6.10 Å². The van der Waals surface area contributed by atoms with E-state index in [9.17, 15) is 0 Å². The molecular weight excluding hydrogens is 825 g/mol. The molecule has 0 saturated heterocycles. The van der Waals surface area contributed by atoms with Crippen LogP contribution in [0, 0.1) is 0 Å². The molecule has 4 rings (SSSR count). The number of rotatable bonds is 40. The van der Waals surface area contributed by atoms with Crippen LogP contribution in [0.25, 0.3) is 0 Å². The molecule has 4 aromatic carbocycles. The number of hydrogen-bond acceptors (Lipinski definition) is 1. The van der Waals surface area contributed by atoms with Crippen molar-refractivity contribution in [3.8, 4) is 0 Å². The van der Waals surface area contributed by atoms with E-state index in [4.69, 9.17) is 4.43 Å². The maximum Gasteiger partial charge on any atom is 0.261 e. The fraction of sp³-hybridized carbons (Fsp3) is 0.569. The molecule has 0 heterocycles. The Kier molecular flexibility index (Phi) is 30.6. The summed E-state index contributed by atoms with van der Waals surface area (Å²) in [6, 6.07) is 44.6. The minimum atomic E-state index is -2.57. The Labute approximate surface area is 415 Å². The molecular formula is C65H98OSi. The lowest BCUT2D eigenvalue weighted by atomic mass is 10.0. The first kappa shape index (κ1) is 56.1. The van der Waals surface area contributed by atoms with Crippen molar-refractivity contribution in [2.45, 2.75) is 237 Å². The molecule has 0 saturated carbocycles. The van der Waals surface area contributed by atoms with Crippen molar-refractivity contribution in [1.29, 1.82) is 0 Å². The summed E-state index contributed by atoms with van der Waals surface area (Å²) in [7, 11) is -2.57. The van der Waals surface area contributed by atoms with Crippen LogP contribution in [0.5, 0.6) is 0 Å². The lowest BCUT2D eigenvalue weighted by Gasteiger charge is -2.45. The quantitative estimate of drug-likeness (QED) is 0.0245. The highest BCUT2D eigenvalue weighted by Crippen LogP contribution is 2.39. The largest absolute Gasteiger partial charge is 0.404 e. The molecule has 0 spiro atoms. The highest BCUT2D eigenvalue weighted by atomic mass is 28.4. The lowest BCUT2D eigenvalue weighted by Crippen LogP contribution is -2.67. The third kappa shape index (κ3) is 24.6. The van der Waals surface area contributed by atoms with Gasteiger partial charge in [-0.05, 0) is 116 Å². The Balaban J connectivity index is 1.09. The smallest absolute Gasteiger partial charge is 0.261 e. The Morgan fingerprint density at radius 1 is 0.343 bits per heavy atom. The van der Waals surface area contributed by atoms with Crippen LogP contribution in [0.3, 0.4) is 0 Å². The molecule has 0 bridgehead atoms. The van der Waals surface area contributed by atoms with Gasteiger partial charge in [-0.25, -0.2) is 0 Å². The Morgan fingerprint density at radius 3 is 0.925 bits per heavy atom. The maximum absolute atomic E-state index is 7.79. The van der Waals surface area contributed by atoms with Crippen molar-refractivity contribution in [2.75, 3.05) is 0 Å². The zero-order valence-electron chi connectivity index (χ0n) is 43.5. The normalized spacial score (nSPS) is 12.3. The second-order valence-corrected chi connectivity index (χ2v) is 25.3. The van der Waals surface area contributed by atoms with Crippen molar-refractivity contribution < 1.29 is 4.43 Å². The number of hydrogen-bond donors (Lipinski definition) is 0. The van der Waals surface area contributed by atoms with Gasteiger partial charge in [0.25, 0.3) is 8.32 Å². The van der Waals surface area contributed by atoms with Crippen LogP contribution in [-0.2, 0) is 17.3 Å². The molecule has 0 aliphatic rings. The highest BCUT2D eigenvalue weighted by Gasteiger charge is 2.51. The molecule has 0 atom stereocenters. The van der Waals surface area contributed by atoms with Crippen molar-refractivity contribution in [3.63, 3.8) is 0 Å². The summed E-state index contributed by atoms with van der Waals surface area (Å²) in [5.74, 6) is 0. The molecule has 0 aliphatic carbocycles. The van der Waals surface area contributed by atoms with Gasteiger partial charge >= 0.3 is 0 Å². The van der Waals surface area contributed by atoms with E-state index in [-0.39, 0.29) is 5.04 Å². The molecule has 0 aromatic heterocycles. The van der Waals surface area contributed by atoms with Crippen LogP contribution in [-0.4, -0.2) is 14.4 Å². The third-order valence-corrected chi connectivity index (χ3v) is 19.3. The second kappa shape index (κ2) is 36.5. The molecule has 0 radical (unpaired) electrons. The summed E-state index contributed by atoms with van der Waals surface area (Å²) in [5.41, 5.74) is 2.98. The molecule has 1 nitrogen and oxygen atoms in total. The van der Waals surface area contributed by atoms with Crippen molar-refractivity contribution in [1.82, 2.24) is 0 Å². The molecule has 2 heteroatoms. The van der Waals surface area contributed by atoms with Gasteiger partial charge in [0.05, 0.1) is 0 Å². The lowest BCUT2D eigenvalue weighted by molar-refractivity contribution is 0.160. The van der Waals surface area contributed by atoms with Gasteiger partial charge in [-0.2, -0.15) is 0 Å². The van der Waals surface area contributed by atoms with Crippen molar-refractivity contribution >= 4 is 18.7 Å². The summed E-state index contributed by atoms with van der Waals surface area (Å²) >= 11 is 0. The van der Waals surface area contributed by atoms with E-state index >= 15 is 0 Å². The minimum absolute atomic E-state index is 0.0162. The SMILES string of the molecule is CC(C)(C)[Si](OC(CCCCCCCC/C=C\CCCCCCCCc1ccccc1)CCCCCCCC/C=C\CCCCCCCCc1ccccc1)(c1ccccc1)c1ccccc1. The monoisotopic (exact) mass is 923 g/mol. The zero-order chi connectivity index (χ0) is 47.2. The van der Waals surface area contributed by atoms with E-state index in [1.165, 1.54) is 227 Å². The summed E-state index contributed by atoms with van der Waals surface area (Å²) in [6.45, 7) is 7.31. The van der Waals surface area contributed by atoms with Crippen molar-refractivity contribution in [3.05, 3.63) is 157 Å². The fourth-order valence-corrected chi connectivity index (χ4v) is 15.0. The van der Waals surface area contributed by atoms with E-state index < -0.39 is 8.32 Å². The first-order chi connectivity index (χ1) is 33.0. The van der Waals surface area contributed by atoms with Gasteiger partial charge in [0.2, 0.25) is 0 Å². The molecule has 67 heavy (non-hydrogen) atoms. The molecule has 0 unspecified atom stereocenters. The Hall–Kier alpha value is -3.46. The third-order valence-electron chi connectivity index (χ3n) is 14.2. The van der Waals surface area contributed by atoms with Gasteiger partial charge in [-0.1, -0.05) is 282 Å². The second-order valence-electron chi connectivity index (χ2n) is 21.0. The maximum atomic E-state index is 7.79. The predicted octanol–water partition coefficient (Wildman–Crippen LogP) is 19.2. The van der Waals surface area contributed by atoms with Crippen LogP contribution in [0.2, 0.25) is 5.04 Å². The Bertz CT molecular complexity index is 1640. The number of allylic oxidation sites excluding steroid dienone is 4. The van der Waals surface area contributed by atoms with Crippen LogP contribution in [0.15, 0.2) is 146 Å². The average Bonchev–Trinajstić information content (AvgIpc) is 3.35. The first-order valence-electron chi connectivity index (χ1n) is 28.2. The van der Waals surface area contributed by atoms with E-state index in [0.29, 0.717) is 6.10 Å². The number of benzene rings is 4. The molecule has 0 fully saturated rings. The zero-order valence-corrected chi connectivity index (χ0v) is 44.5. The molecule has 0 N–H and O–H groups in total. The van der Waals surface area contributed by atoms with Crippen molar-refractivity contribution in [2.24, 2.45) is 0 Å². The Morgan fingerprint density at radius 2 is 0.612 bits per heavy atom. The van der Waals surface area contributed by atoms with Gasteiger partial charge in [0.15, 0.2) is 0 Å². The number of unbranched alkanes of at least 4 members (excludes halogenated alkanes) is 24. The van der Waals surface area contributed by atoms with Gasteiger partial charge < -0.3 is 4.43 Å². The summed E-state index contributed by atoms with van der Waals surface area (Å²) in [6.07, 6.45) is 52.5. The van der Waals surface area contributed by atoms with E-state index in [1.54, 1.807) is 0 Å². The summed E-state index contributed by atoms with van der Waals surface area (Å²) in [5, 5.41) is 2.84. The van der Waals surface area contributed by atoms with Gasteiger partial charge in [-0.3, -0.25) is 0 Å².